The molecule has 3 heterocycles. The monoisotopic (exact) mass is 451 g/mol. The van der Waals surface area contributed by atoms with Crippen molar-refractivity contribution in [3.8, 4) is 0 Å². The highest BCUT2D eigenvalue weighted by Gasteiger charge is 2.26. The summed E-state index contributed by atoms with van der Waals surface area (Å²) in [5.41, 5.74) is 7.71. The first kappa shape index (κ1) is 21.5. The topological polar surface area (TPSA) is 77.6 Å². The molecule has 34 heavy (non-hydrogen) atoms. The SMILES string of the molecule is CN(C)c1ccc2c(c1)/C(=C\c1cccc(/C=C3/C(=O)Nc4ccc(N(C)C)cc43)n1)C(=O)N2. The number of hydrogen-bond acceptors (Lipinski definition) is 5. The molecule has 2 N–H and O–H groups in total. The largest absolute Gasteiger partial charge is 0.378 e. The van der Waals surface area contributed by atoms with Gasteiger partial charge in [-0.3, -0.25) is 9.59 Å². The molecule has 0 fully saturated rings. The Balaban J connectivity index is 1.52. The van der Waals surface area contributed by atoms with Gasteiger partial charge in [0.25, 0.3) is 11.8 Å². The maximum absolute atomic E-state index is 12.7. The minimum atomic E-state index is -0.156. The third kappa shape index (κ3) is 3.81. The summed E-state index contributed by atoms with van der Waals surface area (Å²) in [5, 5.41) is 5.83. The van der Waals surface area contributed by atoms with E-state index >= 15 is 0 Å². The Labute approximate surface area is 198 Å². The van der Waals surface area contributed by atoms with Crippen LogP contribution < -0.4 is 20.4 Å². The first-order valence-corrected chi connectivity index (χ1v) is 11.0. The van der Waals surface area contributed by atoms with Crippen molar-refractivity contribution in [3.05, 3.63) is 77.1 Å². The highest BCUT2D eigenvalue weighted by atomic mass is 16.2. The number of nitrogens with zero attached hydrogens (tertiary/aromatic N) is 3. The molecule has 170 valence electrons. The number of carbonyl (C=O) groups is 2. The van der Waals surface area contributed by atoms with Gasteiger partial charge in [0.05, 0.1) is 22.5 Å². The zero-order valence-electron chi connectivity index (χ0n) is 19.5. The van der Waals surface area contributed by atoms with Crippen molar-refractivity contribution in [1.82, 2.24) is 4.98 Å². The molecular weight excluding hydrogens is 426 g/mol. The van der Waals surface area contributed by atoms with E-state index in [0.717, 1.165) is 33.9 Å². The summed E-state index contributed by atoms with van der Waals surface area (Å²) in [4.78, 5) is 34.0. The van der Waals surface area contributed by atoms with Gasteiger partial charge in [-0.25, -0.2) is 4.98 Å². The normalized spacial score (nSPS) is 16.4. The van der Waals surface area contributed by atoms with Crippen LogP contribution in [0.4, 0.5) is 22.7 Å². The highest BCUT2D eigenvalue weighted by Crippen LogP contribution is 2.37. The molecule has 0 spiro atoms. The summed E-state index contributed by atoms with van der Waals surface area (Å²) in [6.45, 7) is 0. The molecule has 7 heteroatoms. The van der Waals surface area contributed by atoms with Crippen LogP contribution in [0.25, 0.3) is 23.3 Å². The molecular formula is C27H25N5O2. The van der Waals surface area contributed by atoms with Crippen LogP contribution in [0.15, 0.2) is 54.6 Å². The molecule has 0 atom stereocenters. The van der Waals surface area contributed by atoms with Crippen molar-refractivity contribution in [1.29, 1.82) is 0 Å². The number of amides is 2. The second-order valence-electron chi connectivity index (χ2n) is 8.76. The third-order valence-electron chi connectivity index (χ3n) is 5.98. The van der Waals surface area contributed by atoms with E-state index in [4.69, 9.17) is 4.98 Å². The molecule has 0 unspecified atom stereocenters. The molecule has 2 aromatic carbocycles. The Morgan fingerprint density at radius 2 is 1.12 bits per heavy atom. The Bertz CT molecular complexity index is 1300. The fraction of sp³-hybridized carbons (Fsp3) is 0.148. The molecule has 2 aliphatic heterocycles. The van der Waals surface area contributed by atoms with E-state index in [9.17, 15) is 9.59 Å². The molecule has 2 aliphatic rings. The minimum Gasteiger partial charge on any atom is -0.378 e. The molecule has 7 nitrogen and oxygen atoms in total. The van der Waals surface area contributed by atoms with Crippen LogP contribution in [0.1, 0.15) is 22.5 Å². The molecule has 5 rings (SSSR count). The van der Waals surface area contributed by atoms with E-state index in [0.29, 0.717) is 22.5 Å². The molecule has 0 radical (unpaired) electrons. The Morgan fingerprint density at radius 3 is 1.53 bits per heavy atom. The van der Waals surface area contributed by atoms with Crippen molar-refractivity contribution in [2.24, 2.45) is 0 Å². The Morgan fingerprint density at radius 1 is 0.676 bits per heavy atom. The molecule has 0 aliphatic carbocycles. The third-order valence-corrected chi connectivity index (χ3v) is 5.98. The van der Waals surface area contributed by atoms with Gasteiger partial charge in [-0.15, -0.1) is 0 Å². The van der Waals surface area contributed by atoms with Gasteiger partial charge in [-0.1, -0.05) is 6.07 Å². The fourth-order valence-corrected chi connectivity index (χ4v) is 4.12. The number of fused-ring (bicyclic) bond motifs is 2. The first-order valence-electron chi connectivity index (χ1n) is 11.0. The van der Waals surface area contributed by atoms with Crippen LogP contribution in [-0.4, -0.2) is 45.0 Å². The number of rotatable bonds is 4. The second-order valence-corrected chi connectivity index (χ2v) is 8.76. The van der Waals surface area contributed by atoms with E-state index in [2.05, 4.69) is 10.6 Å². The predicted molar refractivity (Wildman–Crippen MR) is 139 cm³/mol. The molecule has 0 bridgehead atoms. The Kier molecular flexibility index (Phi) is 5.17. The number of anilines is 4. The zero-order valence-corrected chi connectivity index (χ0v) is 19.5. The Hall–Kier alpha value is -4.39. The van der Waals surface area contributed by atoms with E-state index in [1.807, 2.05) is 92.6 Å². The van der Waals surface area contributed by atoms with Gasteiger partial charge < -0.3 is 20.4 Å². The van der Waals surface area contributed by atoms with Crippen LogP contribution in [-0.2, 0) is 9.59 Å². The lowest BCUT2D eigenvalue weighted by molar-refractivity contribution is -0.111. The van der Waals surface area contributed by atoms with Crippen molar-refractivity contribution < 1.29 is 9.59 Å². The van der Waals surface area contributed by atoms with Crippen LogP contribution in [0, 0.1) is 0 Å². The van der Waals surface area contributed by atoms with Gasteiger partial charge in [-0.05, 0) is 60.7 Å². The van der Waals surface area contributed by atoms with Crippen molar-refractivity contribution in [2.45, 2.75) is 0 Å². The number of carbonyl (C=O) groups excluding carboxylic acids is 2. The van der Waals surface area contributed by atoms with Gasteiger partial charge in [0.1, 0.15) is 0 Å². The average molecular weight is 452 g/mol. The van der Waals surface area contributed by atoms with Crippen molar-refractivity contribution >= 4 is 57.9 Å². The molecule has 1 aromatic heterocycles. The molecule has 3 aromatic rings. The van der Waals surface area contributed by atoms with Gasteiger partial charge in [0, 0.05) is 62.1 Å². The smallest absolute Gasteiger partial charge is 0.256 e. The summed E-state index contributed by atoms with van der Waals surface area (Å²) in [6, 6.07) is 17.3. The number of pyridine rings is 1. The van der Waals surface area contributed by atoms with E-state index < -0.39 is 0 Å². The second kappa shape index (κ2) is 8.19. The summed E-state index contributed by atoms with van der Waals surface area (Å²) in [7, 11) is 7.86. The quantitative estimate of drug-likeness (QED) is 0.582. The number of benzene rings is 2. The van der Waals surface area contributed by atoms with Crippen molar-refractivity contribution in [3.63, 3.8) is 0 Å². The average Bonchev–Trinajstić information content (AvgIpc) is 3.28. The fourth-order valence-electron chi connectivity index (χ4n) is 4.12. The lowest BCUT2D eigenvalue weighted by Crippen LogP contribution is -2.08. The standard InChI is InChI=1S/C27H25N5O2/c1-31(2)18-8-10-24-20(14-18)22(26(33)29-24)12-16-6-5-7-17(28-16)13-23-21-15-19(32(3)4)9-11-25(21)30-27(23)34/h5-15H,1-4H3,(H,29,33)(H,30,34)/b22-12+,23-13+. The molecule has 0 saturated heterocycles. The predicted octanol–water partition coefficient (Wildman–Crippen LogP) is 4.20. The van der Waals surface area contributed by atoms with E-state index in [1.54, 1.807) is 12.2 Å². The van der Waals surface area contributed by atoms with Gasteiger partial charge in [-0.2, -0.15) is 0 Å². The van der Waals surface area contributed by atoms with E-state index in [-0.39, 0.29) is 11.8 Å². The lowest BCUT2D eigenvalue weighted by atomic mass is 10.0. The van der Waals surface area contributed by atoms with Gasteiger partial charge in [0.15, 0.2) is 0 Å². The highest BCUT2D eigenvalue weighted by molar-refractivity contribution is 6.35. The first-order chi connectivity index (χ1) is 16.3. The maximum Gasteiger partial charge on any atom is 0.256 e. The minimum absolute atomic E-state index is 0.156. The summed E-state index contributed by atoms with van der Waals surface area (Å²) >= 11 is 0. The van der Waals surface area contributed by atoms with Gasteiger partial charge in [0.2, 0.25) is 0 Å². The molecule has 0 saturated carbocycles. The van der Waals surface area contributed by atoms with E-state index in [1.165, 1.54) is 0 Å². The van der Waals surface area contributed by atoms with Crippen molar-refractivity contribution in [2.75, 3.05) is 48.6 Å². The summed E-state index contributed by atoms with van der Waals surface area (Å²) < 4.78 is 0. The number of aromatic nitrogens is 1. The van der Waals surface area contributed by atoms with Gasteiger partial charge >= 0.3 is 0 Å². The van der Waals surface area contributed by atoms with Crippen LogP contribution in [0.2, 0.25) is 0 Å². The zero-order chi connectivity index (χ0) is 24.0. The van der Waals surface area contributed by atoms with Crippen LogP contribution >= 0.6 is 0 Å². The summed E-state index contributed by atoms with van der Waals surface area (Å²) in [5.74, 6) is -0.312. The molecule has 2 amide bonds. The maximum atomic E-state index is 12.7. The van der Waals surface area contributed by atoms with Crippen LogP contribution in [0.5, 0.6) is 0 Å². The number of hydrogen-bond donors (Lipinski definition) is 2. The lowest BCUT2D eigenvalue weighted by Gasteiger charge is -2.13. The number of nitrogens with one attached hydrogen (secondary N) is 2. The summed E-state index contributed by atoms with van der Waals surface area (Å²) in [6.07, 6.45) is 3.57. The van der Waals surface area contributed by atoms with Crippen LogP contribution in [0.3, 0.4) is 0 Å².